The molecule has 3 unspecified atom stereocenters. The number of amidine groups is 1. The summed E-state index contributed by atoms with van der Waals surface area (Å²) < 4.78 is 39.7. The standard InChI is InChI=1S/C22H29F2N3O4S/c1-20(2,3)30-18(28)27(19(29)31-21(4,5)6)17-26-22(7,12-10-15(12)32-17)13-8-11(25)9-14(23)16(13)24/h8-9,12,15H,10,25H2,1-7H3. The van der Waals surface area contributed by atoms with Crippen molar-refractivity contribution >= 4 is 34.8 Å². The second-order valence-electron chi connectivity index (χ2n) is 10.2. The van der Waals surface area contributed by atoms with Crippen LogP contribution in [0.15, 0.2) is 17.1 Å². The summed E-state index contributed by atoms with van der Waals surface area (Å²) >= 11 is 1.22. The van der Waals surface area contributed by atoms with Gasteiger partial charge in [-0.2, -0.15) is 4.90 Å². The highest BCUT2D eigenvalue weighted by atomic mass is 32.2. The van der Waals surface area contributed by atoms with Crippen molar-refractivity contribution < 1.29 is 27.8 Å². The van der Waals surface area contributed by atoms with Crippen molar-refractivity contribution in [2.24, 2.45) is 10.9 Å². The van der Waals surface area contributed by atoms with Gasteiger partial charge in [0, 0.05) is 22.4 Å². The summed E-state index contributed by atoms with van der Waals surface area (Å²) in [5, 5.41) is -0.0271. The summed E-state index contributed by atoms with van der Waals surface area (Å²) in [6, 6.07) is 2.25. The van der Waals surface area contributed by atoms with E-state index in [0.29, 0.717) is 6.42 Å². The number of carbonyl (C=O) groups excluding carboxylic acids is 2. The SMILES string of the molecule is CC(C)(C)OC(=O)N(C(=O)OC(C)(C)C)C1=NC(C)(c2cc(N)cc(F)c2F)C2CC2S1. The van der Waals surface area contributed by atoms with Gasteiger partial charge in [0.25, 0.3) is 0 Å². The third-order valence-electron chi connectivity index (χ3n) is 4.98. The Balaban J connectivity index is 2.09. The number of nitrogens with two attached hydrogens (primary N) is 1. The van der Waals surface area contributed by atoms with Crippen LogP contribution in [-0.4, -0.2) is 38.7 Å². The summed E-state index contributed by atoms with van der Waals surface area (Å²) in [6.45, 7) is 11.6. The fraction of sp³-hybridized carbons (Fsp3) is 0.591. The zero-order chi connectivity index (χ0) is 24.2. The average molecular weight is 470 g/mol. The van der Waals surface area contributed by atoms with Gasteiger partial charge in [-0.1, -0.05) is 11.8 Å². The predicted octanol–water partition coefficient (Wildman–Crippen LogP) is 5.43. The molecule has 176 valence electrons. The topological polar surface area (TPSA) is 94.2 Å². The minimum Gasteiger partial charge on any atom is -0.443 e. The monoisotopic (exact) mass is 469 g/mol. The Morgan fingerprint density at radius 2 is 1.66 bits per heavy atom. The highest BCUT2D eigenvalue weighted by molar-refractivity contribution is 8.14. The summed E-state index contributed by atoms with van der Waals surface area (Å²) in [5.41, 5.74) is 2.81. The van der Waals surface area contributed by atoms with Crippen molar-refractivity contribution in [1.82, 2.24) is 4.90 Å². The van der Waals surface area contributed by atoms with E-state index >= 15 is 0 Å². The van der Waals surface area contributed by atoms with Gasteiger partial charge in [-0.05, 0) is 67.0 Å². The first kappa shape index (κ1) is 24.3. The lowest BCUT2D eigenvalue weighted by Gasteiger charge is -2.35. The summed E-state index contributed by atoms with van der Waals surface area (Å²) in [6.07, 6.45) is -1.27. The smallest absolute Gasteiger partial charge is 0.426 e. The number of rotatable bonds is 1. The van der Waals surface area contributed by atoms with Gasteiger partial charge < -0.3 is 15.2 Å². The lowest BCUT2D eigenvalue weighted by molar-refractivity contribution is 0.0151. The third kappa shape index (κ3) is 5.00. The molecule has 2 N–H and O–H groups in total. The van der Waals surface area contributed by atoms with E-state index in [1.54, 1.807) is 48.5 Å². The largest absolute Gasteiger partial charge is 0.443 e. The Bertz CT molecular complexity index is 959. The van der Waals surface area contributed by atoms with E-state index in [4.69, 9.17) is 15.2 Å². The first-order chi connectivity index (χ1) is 14.5. The number of anilines is 1. The maximum Gasteiger partial charge on any atom is 0.426 e. The van der Waals surface area contributed by atoms with Crippen LogP contribution in [0.2, 0.25) is 0 Å². The van der Waals surface area contributed by atoms with Gasteiger partial charge in [0.1, 0.15) is 11.2 Å². The number of imide groups is 1. The van der Waals surface area contributed by atoms with Crippen LogP contribution >= 0.6 is 11.8 Å². The van der Waals surface area contributed by atoms with Crippen molar-refractivity contribution in [2.45, 2.75) is 76.9 Å². The van der Waals surface area contributed by atoms with E-state index < -0.39 is 40.6 Å². The molecule has 32 heavy (non-hydrogen) atoms. The van der Waals surface area contributed by atoms with Crippen molar-refractivity contribution in [2.75, 3.05) is 5.73 Å². The second kappa shape index (κ2) is 7.90. The molecule has 2 amide bonds. The molecule has 0 radical (unpaired) electrons. The number of nitrogen functional groups attached to an aromatic ring is 1. The number of ether oxygens (including phenoxy) is 2. The molecule has 1 saturated carbocycles. The van der Waals surface area contributed by atoms with Crippen molar-refractivity contribution in [3.8, 4) is 0 Å². The zero-order valence-corrected chi connectivity index (χ0v) is 20.1. The number of nitrogens with zero attached hydrogens (tertiary/aromatic N) is 2. The number of amides is 2. The van der Waals surface area contributed by atoms with Crippen LogP contribution in [-0.2, 0) is 15.0 Å². The van der Waals surface area contributed by atoms with Gasteiger partial charge in [0.05, 0.1) is 5.54 Å². The van der Waals surface area contributed by atoms with Crippen LogP contribution in [0.5, 0.6) is 0 Å². The minimum atomic E-state index is -1.23. The Morgan fingerprint density at radius 3 is 2.16 bits per heavy atom. The van der Waals surface area contributed by atoms with Crippen LogP contribution < -0.4 is 5.73 Å². The summed E-state index contributed by atoms with van der Waals surface area (Å²) in [7, 11) is 0. The molecule has 1 aromatic rings. The molecule has 1 heterocycles. The van der Waals surface area contributed by atoms with E-state index in [2.05, 4.69) is 4.99 Å². The highest BCUT2D eigenvalue weighted by Gasteiger charge is 2.58. The van der Waals surface area contributed by atoms with Crippen LogP contribution in [0.25, 0.3) is 0 Å². The minimum absolute atomic E-state index is 0.0111. The van der Waals surface area contributed by atoms with Crippen molar-refractivity contribution in [1.29, 1.82) is 0 Å². The van der Waals surface area contributed by atoms with Gasteiger partial charge in [0.2, 0.25) is 0 Å². The molecule has 0 saturated heterocycles. The number of hydrogen-bond donors (Lipinski definition) is 1. The van der Waals surface area contributed by atoms with Crippen LogP contribution in [0.4, 0.5) is 24.1 Å². The maximum atomic E-state index is 14.8. The molecule has 10 heteroatoms. The number of halogens is 2. The lowest BCUT2D eigenvalue weighted by atomic mass is 9.86. The molecule has 3 rings (SSSR count). The van der Waals surface area contributed by atoms with E-state index in [-0.39, 0.29) is 27.6 Å². The van der Waals surface area contributed by atoms with Gasteiger partial charge >= 0.3 is 12.2 Å². The maximum absolute atomic E-state index is 14.8. The van der Waals surface area contributed by atoms with E-state index in [9.17, 15) is 18.4 Å². The van der Waals surface area contributed by atoms with Gasteiger partial charge in [0.15, 0.2) is 16.8 Å². The zero-order valence-electron chi connectivity index (χ0n) is 19.3. The number of benzene rings is 1. The first-order valence-corrected chi connectivity index (χ1v) is 11.2. The van der Waals surface area contributed by atoms with E-state index in [1.807, 2.05) is 0 Å². The normalized spacial score (nSPS) is 24.8. The number of hydrogen-bond acceptors (Lipinski definition) is 7. The Hall–Kier alpha value is -2.36. The predicted molar refractivity (Wildman–Crippen MR) is 119 cm³/mol. The van der Waals surface area contributed by atoms with Crippen molar-refractivity contribution in [3.63, 3.8) is 0 Å². The van der Waals surface area contributed by atoms with E-state index in [0.717, 1.165) is 11.0 Å². The fourth-order valence-corrected chi connectivity index (χ4v) is 5.02. The Morgan fingerprint density at radius 1 is 1.12 bits per heavy atom. The summed E-state index contributed by atoms with van der Waals surface area (Å²) in [4.78, 5) is 31.3. The summed E-state index contributed by atoms with van der Waals surface area (Å²) in [5.74, 6) is -2.24. The Labute approximate surface area is 190 Å². The number of thioether (sulfide) groups is 1. The average Bonchev–Trinajstić information content (AvgIpc) is 3.35. The van der Waals surface area contributed by atoms with E-state index in [1.165, 1.54) is 17.8 Å². The van der Waals surface area contributed by atoms with Gasteiger partial charge in [-0.3, -0.25) is 0 Å². The molecule has 3 atom stereocenters. The molecule has 1 aliphatic heterocycles. The highest BCUT2D eigenvalue weighted by Crippen LogP contribution is 2.58. The molecule has 0 aromatic heterocycles. The number of aliphatic imine (C=N–C) groups is 1. The molecule has 0 spiro atoms. The van der Waals surface area contributed by atoms with Crippen molar-refractivity contribution in [3.05, 3.63) is 29.3 Å². The lowest BCUT2D eigenvalue weighted by Crippen LogP contribution is -2.48. The third-order valence-corrected chi connectivity index (χ3v) is 6.29. The number of fused-ring (bicyclic) bond motifs is 1. The fourth-order valence-electron chi connectivity index (χ4n) is 3.52. The van der Waals surface area contributed by atoms with Crippen LogP contribution in [0.3, 0.4) is 0 Å². The second-order valence-corrected chi connectivity index (χ2v) is 11.4. The molecular weight excluding hydrogens is 440 g/mol. The van der Waals surface area contributed by atoms with Gasteiger partial charge in [-0.25, -0.2) is 23.4 Å². The Kier molecular flexibility index (Phi) is 5.99. The number of carbonyl (C=O) groups is 2. The molecule has 1 fully saturated rings. The molecule has 1 aliphatic carbocycles. The molecule has 7 nitrogen and oxygen atoms in total. The van der Waals surface area contributed by atoms with Crippen LogP contribution in [0.1, 0.15) is 60.5 Å². The molecule has 2 aliphatic rings. The molecule has 1 aromatic carbocycles. The van der Waals surface area contributed by atoms with Gasteiger partial charge in [-0.15, -0.1) is 0 Å². The quantitative estimate of drug-likeness (QED) is 0.552. The molecule has 0 bridgehead atoms. The van der Waals surface area contributed by atoms with Crippen LogP contribution in [0, 0.1) is 17.6 Å². The molecular formula is C22H29F2N3O4S. The first-order valence-electron chi connectivity index (χ1n) is 10.3.